The largest absolute Gasteiger partial charge is 0.461 e. The Morgan fingerprint density at radius 2 is 1.17 bits per heavy atom. The number of anilines is 2. The number of para-hydroxylation sites is 2. The first kappa shape index (κ1) is 30.4. The molecule has 22 heteroatoms. The molecule has 6 aromatic rings. The Bertz CT molecular complexity index is 1900. The van der Waals surface area contributed by atoms with Gasteiger partial charge in [0.2, 0.25) is 23.3 Å². The monoisotopic (exact) mass is 666 g/mol. The third kappa shape index (κ3) is 5.89. The Kier molecular flexibility index (Phi) is 8.69. The van der Waals surface area contributed by atoms with Crippen LogP contribution in [0, 0.1) is 0 Å². The van der Waals surface area contributed by atoms with E-state index >= 15 is 0 Å². The number of esters is 2. The number of carbonyl (C=O) groups is 2. The molecule has 5 heterocycles. The highest BCUT2D eigenvalue weighted by molar-refractivity contribution is 8.01. The highest BCUT2D eigenvalue weighted by Gasteiger charge is 2.28. The van der Waals surface area contributed by atoms with Gasteiger partial charge in [0, 0.05) is 11.5 Å². The molecule has 0 bridgehead atoms. The van der Waals surface area contributed by atoms with E-state index in [1.807, 2.05) is 24.3 Å². The molecule has 236 valence electrons. The van der Waals surface area contributed by atoms with Crippen LogP contribution in [0.15, 0.2) is 43.6 Å². The fourth-order valence-corrected chi connectivity index (χ4v) is 6.11. The molecule has 0 aliphatic rings. The summed E-state index contributed by atoms with van der Waals surface area (Å²) >= 11 is 2.47. The zero-order valence-electron chi connectivity index (χ0n) is 23.9. The first-order valence-electron chi connectivity index (χ1n) is 13.3. The van der Waals surface area contributed by atoms with Gasteiger partial charge in [0.1, 0.15) is 10.1 Å². The lowest BCUT2D eigenvalue weighted by atomic mass is 10.3. The van der Waals surface area contributed by atoms with Gasteiger partial charge in [-0.15, -0.1) is 10.2 Å². The normalized spacial score (nSPS) is 11.3. The Morgan fingerprint density at radius 1 is 0.739 bits per heavy atom. The van der Waals surface area contributed by atoms with E-state index in [2.05, 4.69) is 41.3 Å². The standard InChI is InChI=1S/C24H22N14O6S2/c1-3-41-23(39)15-13(37(35-29-15)19-17(25)31-43-33-19)9-45-21-22(28-12-8-6-5-7-11(12)27-21)46-10-14-16(24(40)42-4-2)30-36-38(14)20-18(26)32-44-34-20/h5-8H,3-4,9-10H2,1-2H3,(H2,25,31)(H2,26,32). The van der Waals surface area contributed by atoms with Crippen LogP contribution in [0.2, 0.25) is 0 Å². The van der Waals surface area contributed by atoms with Crippen LogP contribution in [-0.4, -0.2) is 85.7 Å². The summed E-state index contributed by atoms with van der Waals surface area (Å²) in [6.07, 6.45) is 0. The first-order valence-corrected chi connectivity index (χ1v) is 15.3. The van der Waals surface area contributed by atoms with Crippen molar-refractivity contribution in [1.29, 1.82) is 0 Å². The molecule has 20 nitrogen and oxygen atoms in total. The van der Waals surface area contributed by atoms with E-state index in [9.17, 15) is 9.59 Å². The molecular weight excluding hydrogens is 644 g/mol. The zero-order valence-corrected chi connectivity index (χ0v) is 25.6. The highest BCUT2D eigenvalue weighted by Crippen LogP contribution is 2.35. The van der Waals surface area contributed by atoms with Crippen molar-refractivity contribution >= 4 is 58.1 Å². The van der Waals surface area contributed by atoms with Crippen LogP contribution in [0.4, 0.5) is 11.6 Å². The van der Waals surface area contributed by atoms with Crippen LogP contribution in [0.3, 0.4) is 0 Å². The molecule has 0 aliphatic carbocycles. The van der Waals surface area contributed by atoms with Crippen molar-refractivity contribution in [2.45, 2.75) is 35.4 Å². The number of rotatable bonds is 12. The molecule has 0 aliphatic heterocycles. The summed E-state index contributed by atoms with van der Waals surface area (Å²) < 4.78 is 22.3. The Labute approximate surface area is 265 Å². The second kappa shape index (κ2) is 13.2. The number of thioether (sulfide) groups is 2. The van der Waals surface area contributed by atoms with Gasteiger partial charge in [-0.3, -0.25) is 0 Å². The summed E-state index contributed by atoms with van der Waals surface area (Å²) in [5.41, 5.74) is 13.6. The molecule has 0 saturated carbocycles. The number of hydrogen-bond acceptors (Lipinski definition) is 20. The Morgan fingerprint density at radius 3 is 1.54 bits per heavy atom. The second-order valence-electron chi connectivity index (χ2n) is 8.88. The van der Waals surface area contributed by atoms with Gasteiger partial charge < -0.3 is 20.9 Å². The van der Waals surface area contributed by atoms with E-state index in [4.69, 9.17) is 40.2 Å². The van der Waals surface area contributed by atoms with E-state index in [0.29, 0.717) is 32.5 Å². The number of ether oxygens (including phenoxy) is 2. The minimum Gasteiger partial charge on any atom is -0.461 e. The fourth-order valence-electron chi connectivity index (χ4n) is 4.02. The van der Waals surface area contributed by atoms with Crippen molar-refractivity contribution in [3.63, 3.8) is 0 Å². The maximum absolute atomic E-state index is 12.8. The lowest BCUT2D eigenvalue weighted by Crippen LogP contribution is -2.11. The van der Waals surface area contributed by atoms with Crippen molar-refractivity contribution in [1.82, 2.24) is 60.6 Å². The predicted molar refractivity (Wildman–Crippen MR) is 158 cm³/mol. The van der Waals surface area contributed by atoms with Crippen LogP contribution >= 0.6 is 23.5 Å². The van der Waals surface area contributed by atoms with E-state index in [1.165, 1.54) is 32.9 Å². The molecule has 0 atom stereocenters. The van der Waals surface area contributed by atoms with E-state index < -0.39 is 11.9 Å². The van der Waals surface area contributed by atoms with Crippen molar-refractivity contribution in [3.8, 4) is 11.6 Å². The number of fused-ring (bicyclic) bond motifs is 1. The number of benzene rings is 1. The lowest BCUT2D eigenvalue weighted by Gasteiger charge is -2.11. The smallest absolute Gasteiger partial charge is 0.360 e. The summed E-state index contributed by atoms with van der Waals surface area (Å²) in [4.78, 5) is 35.2. The van der Waals surface area contributed by atoms with Crippen molar-refractivity contribution in [2.75, 3.05) is 24.7 Å². The van der Waals surface area contributed by atoms with Gasteiger partial charge in [0.05, 0.1) is 35.6 Å². The average Bonchev–Trinajstić information content (AvgIpc) is 3.85. The summed E-state index contributed by atoms with van der Waals surface area (Å²) in [6.45, 7) is 3.59. The number of nitrogens with zero attached hydrogens (tertiary/aromatic N) is 12. The minimum atomic E-state index is -0.688. The number of carbonyl (C=O) groups excluding carboxylic acids is 2. The SMILES string of the molecule is CCOC(=O)c1nnn(-c2nonc2N)c1CSc1nc2ccccc2nc1SCc1c(C(=O)OCC)nnn1-c1nonc1N. The number of aromatic nitrogens is 12. The molecule has 46 heavy (non-hydrogen) atoms. The Balaban J connectivity index is 1.37. The van der Waals surface area contributed by atoms with Crippen LogP contribution < -0.4 is 11.5 Å². The summed E-state index contributed by atoms with van der Waals surface area (Å²) in [5.74, 6) is -1.19. The highest BCUT2D eigenvalue weighted by atomic mass is 32.2. The van der Waals surface area contributed by atoms with Gasteiger partial charge in [0.15, 0.2) is 11.4 Å². The van der Waals surface area contributed by atoms with Crippen molar-refractivity contribution in [3.05, 3.63) is 47.0 Å². The van der Waals surface area contributed by atoms with Gasteiger partial charge in [0.25, 0.3) is 0 Å². The van der Waals surface area contributed by atoms with Crippen LogP contribution in [0.1, 0.15) is 46.2 Å². The molecule has 0 spiro atoms. The van der Waals surface area contributed by atoms with Gasteiger partial charge in [-0.2, -0.15) is 9.36 Å². The first-order chi connectivity index (χ1) is 22.4. The minimum absolute atomic E-state index is 0.0479. The molecule has 0 amide bonds. The molecule has 5 aromatic heterocycles. The van der Waals surface area contributed by atoms with E-state index in [0.717, 1.165) is 0 Å². The van der Waals surface area contributed by atoms with Gasteiger partial charge >= 0.3 is 11.9 Å². The molecule has 0 fully saturated rings. The van der Waals surface area contributed by atoms with Crippen LogP contribution in [-0.2, 0) is 21.0 Å². The second-order valence-corrected chi connectivity index (χ2v) is 10.8. The number of nitrogens with two attached hydrogens (primary N) is 2. The zero-order chi connectivity index (χ0) is 32.2. The maximum atomic E-state index is 12.8. The third-order valence-electron chi connectivity index (χ3n) is 6.06. The molecule has 0 radical (unpaired) electrons. The van der Waals surface area contributed by atoms with E-state index in [1.54, 1.807) is 13.8 Å². The lowest BCUT2D eigenvalue weighted by molar-refractivity contribution is 0.0508. The summed E-state index contributed by atoms with van der Waals surface area (Å²) in [6, 6.07) is 7.30. The molecule has 1 aromatic carbocycles. The average molecular weight is 667 g/mol. The Hall–Kier alpha value is -5.64. The molecule has 4 N–H and O–H groups in total. The topological polar surface area (TPSA) is 270 Å². The molecule has 0 saturated heterocycles. The van der Waals surface area contributed by atoms with Gasteiger partial charge in [-0.1, -0.05) is 46.1 Å². The van der Waals surface area contributed by atoms with Crippen molar-refractivity contribution in [2.24, 2.45) is 0 Å². The molecule has 6 rings (SSSR count). The van der Waals surface area contributed by atoms with Crippen molar-refractivity contribution < 1.29 is 28.3 Å². The molecular formula is C24H22N14O6S2. The summed E-state index contributed by atoms with van der Waals surface area (Å²) in [5, 5.41) is 31.8. The fraction of sp³-hybridized carbons (Fsp3) is 0.250. The maximum Gasteiger partial charge on any atom is 0.360 e. The molecule has 0 unspecified atom stereocenters. The number of nitrogen functional groups attached to an aromatic ring is 2. The van der Waals surface area contributed by atoms with Gasteiger partial charge in [-0.05, 0) is 46.6 Å². The quantitative estimate of drug-likeness (QED) is 0.139. The van der Waals surface area contributed by atoms with Crippen LogP contribution in [0.5, 0.6) is 0 Å². The predicted octanol–water partition coefficient (Wildman–Crippen LogP) is 1.66. The number of hydrogen-bond donors (Lipinski definition) is 2. The van der Waals surface area contributed by atoms with Crippen LogP contribution in [0.25, 0.3) is 22.7 Å². The summed E-state index contributed by atoms with van der Waals surface area (Å²) in [7, 11) is 0. The van der Waals surface area contributed by atoms with E-state index in [-0.39, 0.29) is 59.4 Å². The third-order valence-corrected chi connectivity index (χ3v) is 8.14. The van der Waals surface area contributed by atoms with Gasteiger partial charge in [-0.25, -0.2) is 28.8 Å².